The summed E-state index contributed by atoms with van der Waals surface area (Å²) in [6.07, 6.45) is 0.638. The third kappa shape index (κ3) is 1.78. The molecule has 1 heterocycles. The Labute approximate surface area is 81.7 Å². The predicted molar refractivity (Wildman–Crippen MR) is 48.1 cm³/mol. The molecule has 3 nitrogen and oxygen atoms in total. The van der Waals surface area contributed by atoms with Crippen molar-refractivity contribution in [2.75, 3.05) is 6.61 Å². The Morgan fingerprint density at radius 3 is 2.79 bits per heavy atom. The molecule has 1 aliphatic heterocycles. The molecule has 2 rings (SSSR count). The molecular formula is C9H9FO3S. The number of fused-ring (bicyclic) bond motifs is 1. The molecule has 0 saturated heterocycles. The van der Waals surface area contributed by atoms with Gasteiger partial charge in [0.2, 0.25) is 0 Å². The summed E-state index contributed by atoms with van der Waals surface area (Å²) in [5.41, 5.74) is 1.79. The summed E-state index contributed by atoms with van der Waals surface area (Å²) in [5.74, 6) is 0. The maximum absolute atomic E-state index is 12.6. The molecule has 0 unspecified atom stereocenters. The summed E-state index contributed by atoms with van der Waals surface area (Å²) in [6, 6.07) is 4.25. The molecule has 14 heavy (non-hydrogen) atoms. The lowest BCUT2D eigenvalue weighted by molar-refractivity contribution is 0.110. The van der Waals surface area contributed by atoms with Crippen LogP contribution in [0.3, 0.4) is 0 Å². The van der Waals surface area contributed by atoms with Crippen molar-refractivity contribution in [3.63, 3.8) is 0 Å². The summed E-state index contributed by atoms with van der Waals surface area (Å²) in [5, 5.41) is 0. The molecule has 1 aliphatic rings. The Morgan fingerprint density at radius 1 is 1.29 bits per heavy atom. The van der Waals surface area contributed by atoms with Crippen molar-refractivity contribution < 1.29 is 17.0 Å². The molecule has 0 amide bonds. The standard InChI is InChI=1S/C9H9FO3S/c10-14(11,12)9-2-1-8-6-13-4-3-7(8)5-9/h1-2,5H,3-4,6H2. The van der Waals surface area contributed by atoms with Gasteiger partial charge >= 0.3 is 10.2 Å². The first kappa shape index (κ1) is 9.61. The zero-order valence-electron chi connectivity index (χ0n) is 7.36. The number of halogens is 1. The Hall–Kier alpha value is -0.940. The smallest absolute Gasteiger partial charge is 0.332 e. The molecule has 76 valence electrons. The van der Waals surface area contributed by atoms with Gasteiger partial charge in [-0.1, -0.05) is 6.07 Å². The molecule has 0 saturated carbocycles. The van der Waals surface area contributed by atoms with Gasteiger partial charge in [-0.3, -0.25) is 0 Å². The second-order valence-electron chi connectivity index (χ2n) is 3.17. The SMILES string of the molecule is O=S(=O)(F)c1ccc2c(c1)CCOC2. The Bertz CT molecular complexity index is 453. The summed E-state index contributed by atoms with van der Waals surface area (Å²) >= 11 is 0. The molecule has 0 aromatic heterocycles. The summed E-state index contributed by atoms with van der Waals surface area (Å²) in [7, 11) is -4.58. The molecule has 0 fully saturated rings. The van der Waals surface area contributed by atoms with Gasteiger partial charge in [0, 0.05) is 0 Å². The Balaban J connectivity index is 2.49. The zero-order chi connectivity index (χ0) is 10.2. The molecule has 1 aromatic rings. The zero-order valence-corrected chi connectivity index (χ0v) is 8.18. The van der Waals surface area contributed by atoms with Crippen LogP contribution >= 0.6 is 0 Å². The van der Waals surface area contributed by atoms with Crippen molar-refractivity contribution in [3.05, 3.63) is 29.3 Å². The predicted octanol–water partition coefficient (Wildman–Crippen LogP) is 1.42. The molecule has 0 bridgehead atoms. The van der Waals surface area contributed by atoms with Crippen LogP contribution in [0.25, 0.3) is 0 Å². The molecule has 0 aliphatic carbocycles. The number of hydrogen-bond acceptors (Lipinski definition) is 3. The van der Waals surface area contributed by atoms with Gasteiger partial charge in [0.15, 0.2) is 0 Å². The molecular weight excluding hydrogens is 207 g/mol. The highest BCUT2D eigenvalue weighted by molar-refractivity contribution is 7.86. The molecule has 0 atom stereocenters. The maximum atomic E-state index is 12.6. The fourth-order valence-corrected chi connectivity index (χ4v) is 2.01. The minimum atomic E-state index is -4.58. The van der Waals surface area contributed by atoms with Crippen LogP contribution in [-0.2, 0) is 28.0 Å². The number of benzene rings is 1. The fourth-order valence-electron chi connectivity index (χ4n) is 1.49. The monoisotopic (exact) mass is 216 g/mol. The lowest BCUT2D eigenvalue weighted by Gasteiger charge is -2.16. The van der Waals surface area contributed by atoms with Gasteiger partial charge in [0.25, 0.3) is 0 Å². The molecule has 5 heteroatoms. The van der Waals surface area contributed by atoms with Crippen LogP contribution in [0.4, 0.5) is 3.89 Å². The van der Waals surface area contributed by atoms with Crippen LogP contribution in [0.1, 0.15) is 11.1 Å². The lowest BCUT2D eigenvalue weighted by atomic mass is 10.0. The quantitative estimate of drug-likeness (QED) is 0.667. The van der Waals surface area contributed by atoms with Crippen molar-refractivity contribution >= 4 is 10.2 Å². The van der Waals surface area contributed by atoms with Gasteiger partial charge in [-0.05, 0) is 29.7 Å². The van der Waals surface area contributed by atoms with E-state index in [1.165, 1.54) is 12.1 Å². The maximum Gasteiger partial charge on any atom is 0.332 e. The summed E-state index contributed by atoms with van der Waals surface area (Å²) < 4.78 is 39.1. The third-order valence-corrected chi connectivity index (χ3v) is 3.05. The first-order chi connectivity index (χ1) is 6.57. The number of hydrogen-bond donors (Lipinski definition) is 0. The molecule has 1 aromatic carbocycles. The van der Waals surface area contributed by atoms with E-state index in [1.807, 2.05) is 0 Å². The van der Waals surface area contributed by atoms with E-state index >= 15 is 0 Å². The van der Waals surface area contributed by atoms with Crippen LogP contribution in [-0.4, -0.2) is 15.0 Å². The van der Waals surface area contributed by atoms with Gasteiger partial charge in [0.1, 0.15) is 0 Å². The molecule has 0 radical (unpaired) electrons. The second-order valence-corrected chi connectivity index (χ2v) is 4.52. The minimum Gasteiger partial charge on any atom is -0.376 e. The highest BCUT2D eigenvalue weighted by Crippen LogP contribution is 2.21. The molecule has 0 N–H and O–H groups in total. The van der Waals surface area contributed by atoms with E-state index in [0.717, 1.165) is 11.1 Å². The van der Waals surface area contributed by atoms with Gasteiger partial charge in [-0.25, -0.2) is 0 Å². The first-order valence-corrected chi connectivity index (χ1v) is 5.60. The van der Waals surface area contributed by atoms with Crippen LogP contribution in [0.15, 0.2) is 23.1 Å². The highest BCUT2D eigenvalue weighted by Gasteiger charge is 2.16. The fraction of sp³-hybridized carbons (Fsp3) is 0.333. The third-order valence-electron chi connectivity index (χ3n) is 2.23. The average Bonchev–Trinajstić information content (AvgIpc) is 2.16. The van der Waals surface area contributed by atoms with Crippen LogP contribution < -0.4 is 0 Å². The Morgan fingerprint density at radius 2 is 2.07 bits per heavy atom. The molecule has 0 spiro atoms. The number of rotatable bonds is 1. The van der Waals surface area contributed by atoms with Crippen molar-refractivity contribution in [2.45, 2.75) is 17.9 Å². The van der Waals surface area contributed by atoms with Gasteiger partial charge < -0.3 is 4.74 Å². The Kier molecular flexibility index (Phi) is 2.28. The van der Waals surface area contributed by atoms with Crippen molar-refractivity contribution in [2.24, 2.45) is 0 Å². The van der Waals surface area contributed by atoms with E-state index in [1.54, 1.807) is 6.07 Å². The van der Waals surface area contributed by atoms with E-state index in [0.29, 0.717) is 19.6 Å². The van der Waals surface area contributed by atoms with Gasteiger partial charge in [-0.15, -0.1) is 3.89 Å². The summed E-state index contributed by atoms with van der Waals surface area (Å²) in [4.78, 5) is -0.266. The topological polar surface area (TPSA) is 43.4 Å². The van der Waals surface area contributed by atoms with E-state index in [2.05, 4.69) is 0 Å². The van der Waals surface area contributed by atoms with Crippen molar-refractivity contribution in [1.82, 2.24) is 0 Å². The van der Waals surface area contributed by atoms with Crippen LogP contribution in [0.5, 0.6) is 0 Å². The normalized spacial score (nSPS) is 16.4. The first-order valence-electron chi connectivity index (χ1n) is 4.21. The highest BCUT2D eigenvalue weighted by atomic mass is 32.3. The van der Waals surface area contributed by atoms with Crippen LogP contribution in [0.2, 0.25) is 0 Å². The van der Waals surface area contributed by atoms with E-state index in [-0.39, 0.29) is 4.90 Å². The van der Waals surface area contributed by atoms with Crippen LogP contribution in [0, 0.1) is 0 Å². The largest absolute Gasteiger partial charge is 0.376 e. The minimum absolute atomic E-state index is 0.266. The van der Waals surface area contributed by atoms with Gasteiger partial charge in [-0.2, -0.15) is 8.42 Å². The van der Waals surface area contributed by atoms with E-state index < -0.39 is 10.2 Å². The lowest BCUT2D eigenvalue weighted by Crippen LogP contribution is -2.10. The summed E-state index contributed by atoms with van der Waals surface area (Å²) in [6.45, 7) is 1.03. The second kappa shape index (κ2) is 3.33. The van der Waals surface area contributed by atoms with E-state index in [4.69, 9.17) is 4.74 Å². The average molecular weight is 216 g/mol. The van der Waals surface area contributed by atoms with Crippen molar-refractivity contribution in [3.8, 4) is 0 Å². The van der Waals surface area contributed by atoms with Gasteiger partial charge in [0.05, 0.1) is 18.1 Å². The van der Waals surface area contributed by atoms with E-state index in [9.17, 15) is 12.3 Å². The van der Waals surface area contributed by atoms with Crippen molar-refractivity contribution in [1.29, 1.82) is 0 Å². The number of ether oxygens (including phenoxy) is 1.